The largest absolute Gasteiger partial charge is 0.0776 e. The van der Waals surface area contributed by atoms with Gasteiger partial charge >= 0.3 is 0 Å². The van der Waals surface area contributed by atoms with Gasteiger partial charge in [-0.3, -0.25) is 0 Å². The first-order chi connectivity index (χ1) is 4.83. The van der Waals surface area contributed by atoms with Crippen molar-refractivity contribution >= 4 is 0 Å². The molecule has 0 N–H and O–H groups in total. The third-order valence-electron chi connectivity index (χ3n) is 1.41. The molecule has 0 aromatic heterocycles. The lowest BCUT2D eigenvalue weighted by molar-refractivity contribution is 0.772. The fourth-order valence-electron chi connectivity index (χ4n) is 0.707. The Morgan fingerprint density at radius 2 is 0.364 bits per heavy atom. The fraction of sp³-hybridized carbons (Fsp3) is 1.00. The molecule has 0 aliphatic heterocycles. The lowest BCUT2D eigenvalue weighted by Gasteiger charge is -1.79. The Balaban J connectivity index is -0.00000000314. The second kappa shape index (κ2) is 233. The van der Waals surface area contributed by atoms with Gasteiger partial charge in [0.1, 0.15) is 0 Å². The van der Waals surface area contributed by atoms with Gasteiger partial charge in [-0.1, -0.05) is 155 Å². The Kier molecular flexibility index (Phi) is 1610. The van der Waals surface area contributed by atoms with E-state index >= 15 is 0 Å². The Bertz CT molecular complexity index is 21.0. The van der Waals surface area contributed by atoms with Crippen LogP contribution in [0.5, 0.6) is 0 Å². The van der Waals surface area contributed by atoms with Crippen LogP contribution in [0.15, 0.2) is 0 Å². The molecule has 0 unspecified atom stereocenters. The molecule has 0 saturated carbocycles. The van der Waals surface area contributed by atoms with Crippen LogP contribution in [0.1, 0.15) is 155 Å². The van der Waals surface area contributed by atoms with Gasteiger partial charge in [0, 0.05) is 0 Å². The minimum Gasteiger partial charge on any atom is -0.0776 e. The third-order valence-corrected chi connectivity index (χ3v) is 1.41. The zero-order valence-corrected chi connectivity index (χ0v) is 8.24. The van der Waals surface area contributed by atoms with Gasteiger partial charge in [0.15, 0.2) is 0 Å². The first-order valence-corrected chi connectivity index (χ1v) is 4.83. The van der Waals surface area contributed by atoms with Crippen molar-refractivity contribution in [1.29, 1.82) is 0 Å². The molecule has 0 spiro atoms. The SMILES string of the molecule is C.C.C.C.C.C.C.C.C.C.C.C.CCCCC.CCCCC. The van der Waals surface area contributed by atoms with E-state index in [1.807, 2.05) is 0 Å². The Labute approximate surface area is 155 Å². The number of hydrogen-bond acceptors (Lipinski definition) is 0. The molecule has 0 saturated heterocycles. The zero-order chi connectivity index (χ0) is 8.24. The predicted molar refractivity (Wildman–Crippen MR) is 131 cm³/mol. The molecule has 0 heterocycles. The van der Waals surface area contributed by atoms with Gasteiger partial charge in [-0.2, -0.15) is 0 Å². The first-order valence-electron chi connectivity index (χ1n) is 4.83. The normalized spacial score (nSPS) is 3.82. The van der Waals surface area contributed by atoms with Crippen LogP contribution in [-0.2, 0) is 0 Å². The van der Waals surface area contributed by atoms with E-state index in [4.69, 9.17) is 0 Å². The molecule has 0 aliphatic carbocycles. The van der Waals surface area contributed by atoms with Gasteiger partial charge in [0.25, 0.3) is 0 Å². The van der Waals surface area contributed by atoms with Crippen molar-refractivity contribution in [2.75, 3.05) is 0 Å². The van der Waals surface area contributed by atoms with Crippen molar-refractivity contribution in [3.8, 4) is 0 Å². The Morgan fingerprint density at radius 1 is 0.273 bits per heavy atom. The second-order valence-electron chi connectivity index (χ2n) is 2.71. The molecule has 0 bridgehead atoms. The molecule has 0 aliphatic rings. The monoisotopic (exact) mass is 337 g/mol. The standard InChI is InChI=1S/2C5H12.12CH4/c2*1-3-5-4-2;;;;;;;;;;;;/h2*3-5H2,1-2H3;12*1H4. The van der Waals surface area contributed by atoms with E-state index in [1.165, 1.54) is 38.5 Å². The average molecular weight is 337 g/mol. The summed E-state index contributed by atoms with van der Waals surface area (Å²) in [6.45, 7) is 8.85. The van der Waals surface area contributed by atoms with Crippen molar-refractivity contribution in [2.24, 2.45) is 0 Å². The quantitative estimate of drug-likeness (QED) is 0.478. The van der Waals surface area contributed by atoms with Crippen molar-refractivity contribution in [1.82, 2.24) is 0 Å². The second-order valence-corrected chi connectivity index (χ2v) is 2.71. The van der Waals surface area contributed by atoms with Gasteiger partial charge in [0.2, 0.25) is 0 Å². The number of unbranched alkanes of at least 4 members (excludes halogenated alkanes) is 4. The van der Waals surface area contributed by atoms with Gasteiger partial charge in [0.05, 0.1) is 0 Å². The predicted octanol–water partition coefficient (Wildman–Crippen LogP) is 12.0. The van der Waals surface area contributed by atoms with Crippen molar-refractivity contribution in [2.45, 2.75) is 155 Å². The number of rotatable bonds is 4. The maximum atomic E-state index is 2.21. The minimum atomic E-state index is 0. The Morgan fingerprint density at radius 3 is 0.364 bits per heavy atom. The molecule has 0 rings (SSSR count). The molecule has 0 aromatic rings. The topological polar surface area (TPSA) is 0 Å². The van der Waals surface area contributed by atoms with Crippen LogP contribution in [0.25, 0.3) is 0 Å². The summed E-state index contributed by atoms with van der Waals surface area (Å²) in [5.41, 5.74) is 0. The van der Waals surface area contributed by atoms with Crippen LogP contribution in [0, 0.1) is 0 Å². The van der Waals surface area contributed by atoms with E-state index in [1.54, 1.807) is 0 Å². The minimum absolute atomic E-state index is 0. The third kappa shape index (κ3) is 451. The van der Waals surface area contributed by atoms with Crippen molar-refractivity contribution in [3.05, 3.63) is 0 Å². The molecule has 160 valence electrons. The molecule has 0 atom stereocenters. The van der Waals surface area contributed by atoms with E-state index in [0.29, 0.717) is 0 Å². The molecular formula is C22H72. The number of hydrogen-bond donors (Lipinski definition) is 0. The first kappa shape index (κ1) is 152. The lowest BCUT2D eigenvalue weighted by atomic mass is 10.3. The maximum Gasteiger partial charge on any atom is -0.0538 e. The van der Waals surface area contributed by atoms with Gasteiger partial charge in [-0.05, 0) is 0 Å². The van der Waals surface area contributed by atoms with Crippen LogP contribution < -0.4 is 0 Å². The zero-order valence-electron chi connectivity index (χ0n) is 8.24. The van der Waals surface area contributed by atoms with E-state index in [-0.39, 0.29) is 89.1 Å². The van der Waals surface area contributed by atoms with Crippen molar-refractivity contribution < 1.29 is 0 Å². The summed E-state index contributed by atoms with van der Waals surface area (Å²) in [6, 6.07) is 0. The van der Waals surface area contributed by atoms with Gasteiger partial charge < -0.3 is 0 Å². The van der Waals surface area contributed by atoms with Crippen LogP contribution in [-0.4, -0.2) is 0 Å². The van der Waals surface area contributed by atoms with E-state index in [2.05, 4.69) is 27.7 Å². The van der Waals surface area contributed by atoms with Crippen molar-refractivity contribution in [3.63, 3.8) is 0 Å². The highest BCUT2D eigenvalue weighted by Gasteiger charge is 1.68. The molecule has 22 heavy (non-hydrogen) atoms. The molecule has 0 amide bonds. The summed E-state index contributed by atoms with van der Waals surface area (Å²) in [5, 5.41) is 0. The smallest absolute Gasteiger partial charge is 0.0538 e. The summed E-state index contributed by atoms with van der Waals surface area (Å²) in [6.07, 6.45) is 8.15. The highest BCUT2D eigenvalue weighted by atomic mass is 13.7. The van der Waals surface area contributed by atoms with Crippen LogP contribution in [0.4, 0.5) is 0 Å². The van der Waals surface area contributed by atoms with Crippen LogP contribution in [0.2, 0.25) is 0 Å². The van der Waals surface area contributed by atoms with E-state index in [0.717, 1.165) is 0 Å². The lowest BCUT2D eigenvalue weighted by Crippen LogP contribution is -1.59. The van der Waals surface area contributed by atoms with Gasteiger partial charge in [-0.15, -0.1) is 0 Å². The highest BCUT2D eigenvalue weighted by Crippen LogP contribution is 1.88. The van der Waals surface area contributed by atoms with E-state index < -0.39 is 0 Å². The molecule has 0 fully saturated rings. The maximum absolute atomic E-state index is 2.21. The van der Waals surface area contributed by atoms with E-state index in [9.17, 15) is 0 Å². The highest BCUT2D eigenvalue weighted by molar-refractivity contribution is 4.24. The summed E-state index contributed by atoms with van der Waals surface area (Å²) in [5.74, 6) is 0. The Hall–Kier alpha value is 0. The van der Waals surface area contributed by atoms with Gasteiger partial charge in [-0.25, -0.2) is 0 Å². The summed E-state index contributed by atoms with van der Waals surface area (Å²) in [4.78, 5) is 0. The summed E-state index contributed by atoms with van der Waals surface area (Å²) < 4.78 is 0. The summed E-state index contributed by atoms with van der Waals surface area (Å²) >= 11 is 0. The molecule has 0 heteroatoms. The molecule has 0 radical (unpaired) electrons. The van der Waals surface area contributed by atoms with Crippen LogP contribution in [0.3, 0.4) is 0 Å². The summed E-state index contributed by atoms with van der Waals surface area (Å²) in [7, 11) is 0. The molecular weight excluding hydrogens is 264 g/mol. The fourth-order valence-corrected chi connectivity index (χ4v) is 0.707. The average Bonchev–Trinajstić information content (AvgIpc) is 1.93. The molecule has 0 aromatic carbocycles. The molecule has 0 nitrogen and oxygen atoms in total. The van der Waals surface area contributed by atoms with Crippen LogP contribution >= 0.6 is 0 Å².